The van der Waals surface area contributed by atoms with Crippen LogP contribution in [-0.2, 0) is 14.3 Å². The molecule has 1 aromatic carbocycles. The Hall–Kier alpha value is -2.88. The molecule has 0 aromatic heterocycles. The van der Waals surface area contributed by atoms with Crippen molar-refractivity contribution < 1.29 is 19.1 Å². The highest BCUT2D eigenvalue weighted by Crippen LogP contribution is 2.22. The fourth-order valence-corrected chi connectivity index (χ4v) is 3.16. The molecule has 2 atom stereocenters. The Morgan fingerprint density at radius 2 is 1.81 bits per heavy atom. The fraction of sp³-hybridized carbons (Fsp3) is 0.474. The van der Waals surface area contributed by atoms with Crippen LogP contribution in [0.1, 0.15) is 49.9 Å². The topological polar surface area (TPSA) is 99.5 Å². The highest BCUT2D eigenvalue weighted by atomic mass is 16.5. The van der Waals surface area contributed by atoms with Gasteiger partial charge in [-0.2, -0.15) is 5.26 Å². The summed E-state index contributed by atoms with van der Waals surface area (Å²) in [6, 6.07) is 8.15. The first-order chi connectivity index (χ1) is 12.4. The highest BCUT2D eigenvalue weighted by molar-refractivity contribution is 5.94. The van der Waals surface area contributed by atoms with E-state index in [0.717, 1.165) is 19.3 Å². The summed E-state index contributed by atoms with van der Waals surface area (Å²) in [5.41, 5.74) is 0.768. The number of likely N-dealkylation sites (tertiary alicyclic amines) is 1. The number of hydrogen-bond donors (Lipinski definition) is 1. The van der Waals surface area contributed by atoms with Crippen molar-refractivity contribution in [3.8, 4) is 6.07 Å². The molecule has 1 aromatic rings. The van der Waals surface area contributed by atoms with Crippen molar-refractivity contribution in [2.75, 3.05) is 11.9 Å². The van der Waals surface area contributed by atoms with Crippen molar-refractivity contribution in [3.05, 3.63) is 29.8 Å². The number of amides is 2. The van der Waals surface area contributed by atoms with Crippen LogP contribution in [0.5, 0.6) is 0 Å². The number of rotatable bonds is 5. The molecule has 2 amide bonds. The van der Waals surface area contributed by atoms with Crippen LogP contribution >= 0.6 is 0 Å². The molecule has 2 rings (SSSR count). The zero-order valence-electron chi connectivity index (χ0n) is 15.0. The van der Waals surface area contributed by atoms with Gasteiger partial charge in [-0.05, 0) is 57.4 Å². The number of carbonyl (C=O) groups is 3. The van der Waals surface area contributed by atoms with Crippen LogP contribution in [0.15, 0.2) is 24.3 Å². The Morgan fingerprint density at radius 3 is 2.38 bits per heavy atom. The number of esters is 1. The van der Waals surface area contributed by atoms with Gasteiger partial charge in [0.25, 0.3) is 5.91 Å². The predicted molar refractivity (Wildman–Crippen MR) is 95.2 cm³/mol. The lowest BCUT2D eigenvalue weighted by molar-refractivity contribution is -0.140. The van der Waals surface area contributed by atoms with E-state index in [1.165, 1.54) is 12.1 Å². The summed E-state index contributed by atoms with van der Waals surface area (Å²) in [5.74, 6) is -1.19. The van der Waals surface area contributed by atoms with Crippen molar-refractivity contribution in [3.63, 3.8) is 0 Å². The summed E-state index contributed by atoms with van der Waals surface area (Å²) in [5, 5.41) is 11.0. The third-order valence-electron chi connectivity index (χ3n) is 4.45. The summed E-state index contributed by atoms with van der Waals surface area (Å²) < 4.78 is 5.14. The maximum absolute atomic E-state index is 12.4. The van der Waals surface area contributed by atoms with Gasteiger partial charge in [-0.15, -0.1) is 0 Å². The van der Waals surface area contributed by atoms with E-state index in [1.54, 1.807) is 23.1 Å². The van der Waals surface area contributed by atoms with Crippen LogP contribution in [0.3, 0.4) is 0 Å². The Bertz CT molecular complexity index is 698. The van der Waals surface area contributed by atoms with Gasteiger partial charge in [-0.1, -0.05) is 0 Å². The lowest BCUT2D eigenvalue weighted by atomic mass is 9.97. The number of hydrogen-bond acceptors (Lipinski definition) is 5. The highest BCUT2D eigenvalue weighted by Gasteiger charge is 2.29. The summed E-state index contributed by atoms with van der Waals surface area (Å²) in [7, 11) is 0. The molecule has 1 aliphatic heterocycles. The molecule has 0 spiro atoms. The summed E-state index contributed by atoms with van der Waals surface area (Å²) in [4.78, 5) is 37.6. The molecular formula is C19H23N3O4. The van der Waals surface area contributed by atoms with Crippen LogP contribution in [0.25, 0.3) is 0 Å². The molecule has 0 bridgehead atoms. The van der Waals surface area contributed by atoms with Gasteiger partial charge >= 0.3 is 5.97 Å². The summed E-state index contributed by atoms with van der Waals surface area (Å²) in [6.45, 7) is 3.73. The van der Waals surface area contributed by atoms with E-state index in [9.17, 15) is 14.4 Å². The van der Waals surface area contributed by atoms with E-state index in [0.29, 0.717) is 5.69 Å². The quantitative estimate of drug-likeness (QED) is 0.816. The maximum atomic E-state index is 12.4. The van der Waals surface area contributed by atoms with E-state index in [2.05, 4.69) is 5.32 Å². The van der Waals surface area contributed by atoms with Crippen molar-refractivity contribution in [1.82, 2.24) is 4.90 Å². The average Bonchev–Trinajstić information content (AvgIpc) is 2.60. The van der Waals surface area contributed by atoms with Gasteiger partial charge in [0.15, 0.2) is 6.61 Å². The second kappa shape index (κ2) is 8.99. The first-order valence-corrected chi connectivity index (χ1v) is 8.67. The molecule has 0 aliphatic carbocycles. The standard InChI is InChI=1S/C19H23N3O4/c1-13-4-3-5-14(2)22(13)18(24)12-26-19(25)15-6-8-16(9-7-15)21-17(23)10-11-20/h6-9,13-14H,3-5,10,12H2,1-2H3,(H,21,23)/t13-,14-/m1/s1. The molecule has 7 nitrogen and oxygen atoms in total. The molecule has 0 radical (unpaired) electrons. The predicted octanol–water partition coefficient (Wildman–Crippen LogP) is 2.49. The minimum atomic E-state index is -0.592. The van der Waals surface area contributed by atoms with Crippen LogP contribution in [0.4, 0.5) is 5.69 Å². The minimum Gasteiger partial charge on any atom is -0.452 e. The van der Waals surface area contributed by atoms with E-state index < -0.39 is 11.9 Å². The van der Waals surface area contributed by atoms with Crippen molar-refractivity contribution in [2.24, 2.45) is 0 Å². The SMILES string of the molecule is C[C@@H]1CCC[C@@H](C)N1C(=O)COC(=O)c1ccc(NC(=O)CC#N)cc1. The first-order valence-electron chi connectivity index (χ1n) is 8.67. The average molecular weight is 357 g/mol. The monoisotopic (exact) mass is 357 g/mol. The Morgan fingerprint density at radius 1 is 1.19 bits per heavy atom. The van der Waals surface area contributed by atoms with Gasteiger partial charge in [0.05, 0.1) is 11.6 Å². The number of nitriles is 1. The smallest absolute Gasteiger partial charge is 0.338 e. The molecule has 26 heavy (non-hydrogen) atoms. The zero-order valence-corrected chi connectivity index (χ0v) is 15.0. The van der Waals surface area contributed by atoms with Gasteiger partial charge < -0.3 is 15.0 Å². The number of nitrogens with zero attached hydrogens (tertiary/aromatic N) is 2. The normalized spacial score (nSPS) is 19.3. The van der Waals surface area contributed by atoms with Gasteiger partial charge in [-0.25, -0.2) is 4.79 Å². The van der Waals surface area contributed by atoms with Crippen LogP contribution in [0.2, 0.25) is 0 Å². The molecular weight excluding hydrogens is 334 g/mol. The molecule has 1 N–H and O–H groups in total. The molecule has 0 saturated carbocycles. The molecule has 1 fully saturated rings. The molecule has 7 heteroatoms. The molecule has 1 saturated heterocycles. The van der Waals surface area contributed by atoms with Gasteiger partial charge in [0, 0.05) is 17.8 Å². The lowest BCUT2D eigenvalue weighted by Crippen LogP contribution is -2.49. The number of benzene rings is 1. The fourth-order valence-electron chi connectivity index (χ4n) is 3.16. The first kappa shape index (κ1) is 19.4. The summed E-state index contributed by atoms with van der Waals surface area (Å²) >= 11 is 0. The Labute approximate surface area is 152 Å². The van der Waals surface area contributed by atoms with Crippen molar-refractivity contribution >= 4 is 23.5 Å². The molecule has 0 unspecified atom stereocenters. The third-order valence-corrected chi connectivity index (χ3v) is 4.45. The minimum absolute atomic E-state index is 0.154. The maximum Gasteiger partial charge on any atom is 0.338 e. The van der Waals surface area contributed by atoms with E-state index in [-0.39, 0.29) is 36.6 Å². The van der Waals surface area contributed by atoms with E-state index in [4.69, 9.17) is 10.00 Å². The van der Waals surface area contributed by atoms with Crippen molar-refractivity contribution in [2.45, 2.75) is 51.6 Å². The Kier molecular flexibility index (Phi) is 6.73. The van der Waals surface area contributed by atoms with Crippen LogP contribution in [0, 0.1) is 11.3 Å². The summed E-state index contributed by atoms with van der Waals surface area (Å²) in [6.07, 6.45) is 2.79. The molecule has 1 heterocycles. The second-order valence-corrected chi connectivity index (χ2v) is 6.47. The lowest BCUT2D eigenvalue weighted by Gasteiger charge is -2.38. The van der Waals surface area contributed by atoms with E-state index in [1.807, 2.05) is 13.8 Å². The van der Waals surface area contributed by atoms with Gasteiger partial charge in [0.1, 0.15) is 6.42 Å². The number of anilines is 1. The number of carbonyl (C=O) groups excluding carboxylic acids is 3. The van der Waals surface area contributed by atoms with Gasteiger partial charge in [0.2, 0.25) is 5.91 Å². The van der Waals surface area contributed by atoms with Crippen LogP contribution < -0.4 is 5.32 Å². The largest absolute Gasteiger partial charge is 0.452 e. The third kappa shape index (κ3) is 5.06. The Balaban J connectivity index is 1.88. The van der Waals surface area contributed by atoms with Crippen LogP contribution in [-0.4, -0.2) is 41.4 Å². The number of ether oxygens (including phenoxy) is 1. The number of nitrogens with one attached hydrogen (secondary N) is 1. The number of piperidine rings is 1. The van der Waals surface area contributed by atoms with Gasteiger partial charge in [-0.3, -0.25) is 9.59 Å². The molecule has 138 valence electrons. The second-order valence-electron chi connectivity index (χ2n) is 6.47. The van der Waals surface area contributed by atoms with Crippen molar-refractivity contribution in [1.29, 1.82) is 5.26 Å². The van der Waals surface area contributed by atoms with E-state index >= 15 is 0 Å². The molecule has 1 aliphatic rings. The zero-order chi connectivity index (χ0) is 19.1.